The summed E-state index contributed by atoms with van der Waals surface area (Å²) in [4.78, 5) is 34.5. The Hall–Kier alpha value is -2.96. The van der Waals surface area contributed by atoms with Gasteiger partial charge in [0.25, 0.3) is 0 Å². The molecule has 7 heteroatoms. The Kier molecular flexibility index (Phi) is 5.92. The third-order valence-electron chi connectivity index (χ3n) is 4.42. The lowest BCUT2D eigenvalue weighted by atomic mass is 9.86. The molecule has 138 valence electrons. The van der Waals surface area contributed by atoms with Gasteiger partial charge < -0.3 is 14.9 Å². The zero-order valence-electron chi connectivity index (χ0n) is 14.5. The number of benzene rings is 1. The molecule has 0 saturated heterocycles. The van der Waals surface area contributed by atoms with Crippen molar-refractivity contribution >= 4 is 24.0 Å². The van der Waals surface area contributed by atoms with E-state index in [4.69, 9.17) is 9.84 Å². The smallest absolute Gasteiger partial charge is 0.339 e. The molecule has 0 amide bonds. The van der Waals surface area contributed by atoms with E-state index in [0.717, 1.165) is 5.57 Å². The number of esters is 1. The maximum absolute atomic E-state index is 12.9. The van der Waals surface area contributed by atoms with E-state index in [0.29, 0.717) is 35.0 Å². The van der Waals surface area contributed by atoms with Crippen LogP contribution in [0.4, 0.5) is 4.39 Å². The Balaban J connectivity index is 2.59. The summed E-state index contributed by atoms with van der Waals surface area (Å²) >= 11 is 0. The predicted octanol–water partition coefficient (Wildman–Crippen LogP) is 3.66. The molecular weight excluding hydrogens is 343 g/mol. The first-order valence-corrected chi connectivity index (χ1v) is 8.00. The molecule has 0 aliphatic carbocycles. The molecule has 2 rings (SSSR count). The zero-order chi connectivity index (χ0) is 19.4. The van der Waals surface area contributed by atoms with Gasteiger partial charge in [0, 0.05) is 12.0 Å². The molecule has 0 unspecified atom stereocenters. The second-order valence-corrected chi connectivity index (χ2v) is 6.07. The third-order valence-corrected chi connectivity index (χ3v) is 4.42. The van der Waals surface area contributed by atoms with Crippen molar-refractivity contribution in [1.82, 2.24) is 0 Å². The number of carbonyl (C=O) groups is 3. The molecule has 0 fully saturated rings. The Bertz CT molecular complexity index is 835. The lowest BCUT2D eigenvalue weighted by Crippen LogP contribution is -2.14. The van der Waals surface area contributed by atoms with E-state index in [9.17, 15) is 23.9 Å². The Morgan fingerprint density at radius 1 is 1.27 bits per heavy atom. The number of carbonyl (C=O) groups excluding carboxylic acids is 1. The van der Waals surface area contributed by atoms with E-state index in [2.05, 4.69) is 0 Å². The van der Waals surface area contributed by atoms with Crippen LogP contribution in [0.5, 0.6) is 0 Å². The molecule has 2 N–H and O–H groups in total. The molecule has 1 heterocycles. The van der Waals surface area contributed by atoms with Crippen molar-refractivity contribution < 1.29 is 33.7 Å². The first-order valence-electron chi connectivity index (χ1n) is 8.00. The van der Waals surface area contributed by atoms with E-state index in [1.807, 2.05) is 0 Å². The monoisotopic (exact) mass is 362 g/mol. The minimum atomic E-state index is -1.29. The zero-order valence-corrected chi connectivity index (χ0v) is 14.5. The molecule has 0 radical (unpaired) electrons. The SMILES string of the molecule is CC(=CCc1c(C=CF)c(C)c2c(c1C(=O)O)C(=O)OC2)CCC(=O)O. The fraction of sp³-hybridized carbons (Fsp3) is 0.316. The molecule has 1 aromatic carbocycles. The van der Waals surface area contributed by atoms with Crippen LogP contribution < -0.4 is 0 Å². The molecule has 1 aliphatic rings. The number of hydrogen-bond acceptors (Lipinski definition) is 4. The van der Waals surface area contributed by atoms with Gasteiger partial charge in [0.15, 0.2) is 0 Å². The number of fused-ring (bicyclic) bond motifs is 1. The summed E-state index contributed by atoms with van der Waals surface area (Å²) in [6.45, 7) is 3.38. The van der Waals surface area contributed by atoms with Crippen molar-refractivity contribution in [2.75, 3.05) is 0 Å². The summed E-state index contributed by atoms with van der Waals surface area (Å²) in [7, 11) is 0. The van der Waals surface area contributed by atoms with E-state index < -0.39 is 17.9 Å². The van der Waals surface area contributed by atoms with Gasteiger partial charge in [-0.3, -0.25) is 4.79 Å². The summed E-state index contributed by atoms with van der Waals surface area (Å²) in [6.07, 6.45) is 3.60. The normalized spacial score (nSPS) is 13.8. The van der Waals surface area contributed by atoms with Gasteiger partial charge in [0.05, 0.1) is 17.5 Å². The number of halogens is 1. The number of hydrogen-bond donors (Lipinski definition) is 2. The van der Waals surface area contributed by atoms with Gasteiger partial charge >= 0.3 is 17.9 Å². The van der Waals surface area contributed by atoms with Crippen LogP contribution in [0.15, 0.2) is 18.0 Å². The van der Waals surface area contributed by atoms with Crippen molar-refractivity contribution in [3.63, 3.8) is 0 Å². The number of allylic oxidation sites excluding steroid dienone is 2. The second kappa shape index (κ2) is 7.95. The van der Waals surface area contributed by atoms with Crippen LogP contribution in [-0.4, -0.2) is 28.1 Å². The highest BCUT2D eigenvalue weighted by molar-refractivity contribution is 6.07. The highest BCUT2D eigenvalue weighted by atomic mass is 19.1. The van der Waals surface area contributed by atoms with Gasteiger partial charge in [-0.05, 0) is 49.5 Å². The minimum absolute atomic E-state index is 0.0117. The van der Waals surface area contributed by atoms with Crippen molar-refractivity contribution in [2.24, 2.45) is 0 Å². The summed E-state index contributed by atoms with van der Waals surface area (Å²) in [6, 6.07) is 0. The van der Waals surface area contributed by atoms with Gasteiger partial charge in [0.2, 0.25) is 0 Å². The standard InChI is InChI=1S/C19H19FO6/c1-10(4-6-15(21)22)3-5-13-12(7-8-20)11(2)14-9-26-19(25)17(14)16(13)18(23)24/h3,7-8H,4-6,9H2,1-2H3,(H,21,22)(H,23,24). The van der Waals surface area contributed by atoms with Gasteiger partial charge in [-0.1, -0.05) is 11.6 Å². The summed E-state index contributed by atoms with van der Waals surface area (Å²) < 4.78 is 17.9. The van der Waals surface area contributed by atoms with Crippen LogP contribution in [0, 0.1) is 6.92 Å². The van der Waals surface area contributed by atoms with Crippen LogP contribution in [0.3, 0.4) is 0 Å². The van der Waals surface area contributed by atoms with Crippen LogP contribution in [0.2, 0.25) is 0 Å². The van der Waals surface area contributed by atoms with Crippen molar-refractivity contribution in [2.45, 2.75) is 39.7 Å². The van der Waals surface area contributed by atoms with Gasteiger partial charge in [0.1, 0.15) is 6.61 Å². The van der Waals surface area contributed by atoms with Crippen LogP contribution in [0.1, 0.15) is 62.7 Å². The first-order chi connectivity index (χ1) is 12.3. The minimum Gasteiger partial charge on any atom is -0.481 e. The van der Waals surface area contributed by atoms with Gasteiger partial charge in [-0.2, -0.15) is 0 Å². The molecule has 1 aliphatic heterocycles. The van der Waals surface area contributed by atoms with E-state index in [1.165, 1.54) is 6.08 Å². The molecule has 0 aromatic heterocycles. The summed E-state index contributed by atoms with van der Waals surface area (Å²) in [5.74, 6) is -2.93. The van der Waals surface area contributed by atoms with Crippen LogP contribution in [-0.2, 0) is 22.6 Å². The number of aromatic carboxylic acids is 1. The van der Waals surface area contributed by atoms with Crippen molar-refractivity contribution in [3.05, 3.63) is 51.4 Å². The molecule has 6 nitrogen and oxygen atoms in total. The lowest BCUT2D eigenvalue weighted by Gasteiger charge is -2.16. The topological polar surface area (TPSA) is 101 Å². The molecule has 0 saturated carbocycles. The quantitative estimate of drug-likeness (QED) is 0.567. The molecule has 0 spiro atoms. The molecule has 26 heavy (non-hydrogen) atoms. The largest absolute Gasteiger partial charge is 0.481 e. The molecule has 0 bridgehead atoms. The number of ether oxygens (including phenoxy) is 1. The highest BCUT2D eigenvalue weighted by Crippen LogP contribution is 2.34. The molecule has 1 aromatic rings. The fourth-order valence-electron chi connectivity index (χ4n) is 3.05. The lowest BCUT2D eigenvalue weighted by molar-refractivity contribution is -0.136. The summed E-state index contributed by atoms with van der Waals surface area (Å²) in [5, 5.41) is 18.4. The van der Waals surface area contributed by atoms with Crippen molar-refractivity contribution in [3.8, 4) is 0 Å². The first kappa shape index (κ1) is 19.4. The Morgan fingerprint density at radius 3 is 2.54 bits per heavy atom. The maximum Gasteiger partial charge on any atom is 0.339 e. The van der Waals surface area contributed by atoms with E-state index in [1.54, 1.807) is 19.9 Å². The third kappa shape index (κ3) is 3.82. The summed E-state index contributed by atoms with van der Waals surface area (Å²) in [5.41, 5.74) is 2.33. The number of carboxylic acid groups (broad SMARTS) is 2. The maximum atomic E-state index is 12.9. The molecular formula is C19H19FO6. The predicted molar refractivity (Wildman–Crippen MR) is 91.7 cm³/mol. The fourth-order valence-corrected chi connectivity index (χ4v) is 3.05. The Morgan fingerprint density at radius 2 is 1.96 bits per heavy atom. The number of carboxylic acids is 2. The van der Waals surface area contributed by atoms with E-state index >= 15 is 0 Å². The molecule has 0 atom stereocenters. The van der Waals surface area contributed by atoms with Gasteiger partial charge in [-0.15, -0.1) is 0 Å². The highest BCUT2D eigenvalue weighted by Gasteiger charge is 2.33. The average Bonchev–Trinajstić information content (AvgIpc) is 2.95. The average molecular weight is 362 g/mol. The van der Waals surface area contributed by atoms with E-state index in [-0.39, 0.29) is 30.6 Å². The van der Waals surface area contributed by atoms with Gasteiger partial charge in [-0.25, -0.2) is 14.0 Å². The van der Waals surface area contributed by atoms with Crippen LogP contribution in [0.25, 0.3) is 6.08 Å². The second-order valence-electron chi connectivity index (χ2n) is 6.07. The number of cyclic esters (lactones) is 1. The van der Waals surface area contributed by atoms with Crippen LogP contribution >= 0.6 is 0 Å². The van der Waals surface area contributed by atoms with Crippen molar-refractivity contribution in [1.29, 1.82) is 0 Å². The number of aliphatic carboxylic acids is 1. The Labute approximate surface area is 149 Å². The number of rotatable bonds is 7.